The first-order chi connectivity index (χ1) is 13.6. The number of hydrogen-bond donors (Lipinski definition) is 1. The van der Waals surface area contributed by atoms with Gasteiger partial charge in [-0.1, -0.05) is 64.0 Å². The molecule has 140 valence electrons. The van der Waals surface area contributed by atoms with Crippen LogP contribution in [-0.4, -0.2) is 15.8 Å². The van der Waals surface area contributed by atoms with Crippen LogP contribution in [0.5, 0.6) is 11.5 Å². The van der Waals surface area contributed by atoms with E-state index in [0.717, 1.165) is 33.5 Å². The van der Waals surface area contributed by atoms with Crippen LogP contribution in [0, 0.1) is 6.92 Å². The lowest BCUT2D eigenvalue weighted by atomic mass is 9.95. The molecule has 0 saturated heterocycles. The second-order valence-corrected chi connectivity index (χ2v) is 8.14. The largest absolute Gasteiger partial charge is 0.507 e. The highest BCUT2D eigenvalue weighted by molar-refractivity contribution is 9.10. The van der Waals surface area contributed by atoms with Gasteiger partial charge in [0, 0.05) is 16.5 Å². The molecule has 0 amide bonds. The quantitative estimate of drug-likeness (QED) is 0.561. The third kappa shape index (κ3) is 2.87. The maximum absolute atomic E-state index is 10.5. The standard InChI is InChI=1S/C23H19BrN2O2/c1-14-6-8-15(9-7-14)19-13-20-17-4-2-3-5-22(17)28-23(26(20)25-19)18-12-16(24)10-11-21(18)27/h2-12,20,23,27H,13H2,1H3/t20-,23-/m1/s1. The highest BCUT2D eigenvalue weighted by Gasteiger charge is 2.41. The molecule has 3 aromatic carbocycles. The Morgan fingerprint density at radius 2 is 1.82 bits per heavy atom. The molecule has 0 fully saturated rings. The van der Waals surface area contributed by atoms with Crippen LogP contribution >= 0.6 is 15.9 Å². The molecule has 2 aliphatic heterocycles. The molecule has 0 aliphatic carbocycles. The summed E-state index contributed by atoms with van der Waals surface area (Å²) < 4.78 is 7.20. The molecule has 2 aliphatic rings. The fourth-order valence-electron chi connectivity index (χ4n) is 3.88. The van der Waals surface area contributed by atoms with E-state index < -0.39 is 6.23 Å². The van der Waals surface area contributed by atoms with Crippen LogP contribution in [0.1, 0.15) is 40.9 Å². The zero-order valence-electron chi connectivity index (χ0n) is 15.3. The molecular weight excluding hydrogens is 416 g/mol. The molecule has 1 N–H and O–H groups in total. The minimum absolute atomic E-state index is 0.0737. The molecule has 28 heavy (non-hydrogen) atoms. The Morgan fingerprint density at radius 1 is 1.04 bits per heavy atom. The predicted octanol–water partition coefficient (Wildman–Crippen LogP) is 5.71. The number of benzene rings is 3. The van der Waals surface area contributed by atoms with E-state index in [9.17, 15) is 5.11 Å². The first kappa shape index (κ1) is 17.3. The van der Waals surface area contributed by atoms with Gasteiger partial charge in [-0.2, -0.15) is 5.10 Å². The van der Waals surface area contributed by atoms with E-state index in [4.69, 9.17) is 9.84 Å². The average Bonchev–Trinajstić information content (AvgIpc) is 3.15. The molecule has 0 spiro atoms. The molecule has 5 rings (SSSR count). The predicted molar refractivity (Wildman–Crippen MR) is 113 cm³/mol. The number of phenolic OH excluding ortho intramolecular Hbond substituents is 1. The summed E-state index contributed by atoms with van der Waals surface area (Å²) >= 11 is 3.50. The Morgan fingerprint density at radius 3 is 2.64 bits per heavy atom. The number of aryl methyl sites for hydroxylation is 1. The van der Waals surface area contributed by atoms with Gasteiger partial charge in [-0.25, -0.2) is 5.01 Å². The van der Waals surface area contributed by atoms with E-state index in [1.165, 1.54) is 5.56 Å². The lowest BCUT2D eigenvalue weighted by molar-refractivity contribution is -0.0203. The van der Waals surface area contributed by atoms with E-state index >= 15 is 0 Å². The van der Waals surface area contributed by atoms with Crippen molar-refractivity contribution in [3.05, 3.63) is 93.5 Å². The molecule has 0 saturated carbocycles. The summed E-state index contributed by atoms with van der Waals surface area (Å²) in [5, 5.41) is 17.4. The number of halogens is 1. The number of fused-ring (bicyclic) bond motifs is 3. The van der Waals surface area contributed by atoms with E-state index in [0.29, 0.717) is 5.56 Å². The molecule has 0 aromatic heterocycles. The summed E-state index contributed by atoms with van der Waals surface area (Å²) in [6.07, 6.45) is 0.315. The number of nitrogens with zero attached hydrogens (tertiary/aromatic N) is 2. The van der Waals surface area contributed by atoms with Gasteiger partial charge in [-0.05, 0) is 36.8 Å². The summed E-state index contributed by atoms with van der Waals surface area (Å²) in [5.74, 6) is 1.04. The number of para-hydroxylation sites is 1. The Labute approximate surface area is 172 Å². The average molecular weight is 435 g/mol. The Hall–Kier alpha value is -2.79. The van der Waals surface area contributed by atoms with Gasteiger partial charge in [0.25, 0.3) is 0 Å². The normalized spacial score (nSPS) is 20.2. The molecule has 4 nitrogen and oxygen atoms in total. The fourth-order valence-corrected chi connectivity index (χ4v) is 4.26. The van der Waals surface area contributed by atoms with Crippen LogP contribution in [0.2, 0.25) is 0 Å². The molecule has 0 unspecified atom stereocenters. The van der Waals surface area contributed by atoms with Crippen molar-refractivity contribution in [2.45, 2.75) is 25.6 Å². The zero-order chi connectivity index (χ0) is 19.3. The first-order valence-corrected chi connectivity index (χ1v) is 10.1. The van der Waals surface area contributed by atoms with Crippen molar-refractivity contribution in [2.24, 2.45) is 5.10 Å². The van der Waals surface area contributed by atoms with Gasteiger partial charge in [-0.15, -0.1) is 0 Å². The number of aromatic hydroxyl groups is 1. The second-order valence-electron chi connectivity index (χ2n) is 7.22. The van der Waals surface area contributed by atoms with Crippen LogP contribution in [0.15, 0.2) is 76.3 Å². The summed E-state index contributed by atoms with van der Waals surface area (Å²) in [6, 6.07) is 22.0. The summed E-state index contributed by atoms with van der Waals surface area (Å²) in [4.78, 5) is 0. The molecule has 5 heteroatoms. The smallest absolute Gasteiger partial charge is 0.217 e. The van der Waals surface area contributed by atoms with Crippen molar-refractivity contribution in [1.29, 1.82) is 0 Å². The third-order valence-corrected chi connectivity index (χ3v) is 5.83. The Balaban J connectivity index is 1.62. The second kappa shape index (κ2) is 6.67. The number of phenols is 1. The number of rotatable bonds is 2. The molecule has 0 radical (unpaired) electrons. The van der Waals surface area contributed by atoms with Crippen molar-refractivity contribution in [1.82, 2.24) is 5.01 Å². The van der Waals surface area contributed by atoms with E-state index in [1.807, 2.05) is 35.3 Å². The van der Waals surface area contributed by atoms with Crippen LogP contribution in [0.25, 0.3) is 0 Å². The fraction of sp³-hybridized carbons (Fsp3) is 0.174. The highest BCUT2D eigenvalue weighted by Crippen LogP contribution is 2.48. The lowest BCUT2D eigenvalue weighted by Gasteiger charge is -2.38. The number of ether oxygens (including phenoxy) is 1. The van der Waals surface area contributed by atoms with E-state index in [1.54, 1.807) is 6.07 Å². The zero-order valence-corrected chi connectivity index (χ0v) is 16.9. The van der Waals surface area contributed by atoms with Gasteiger partial charge >= 0.3 is 0 Å². The van der Waals surface area contributed by atoms with Crippen molar-refractivity contribution >= 4 is 21.6 Å². The number of hydrogen-bond acceptors (Lipinski definition) is 4. The molecule has 2 heterocycles. The minimum Gasteiger partial charge on any atom is -0.507 e. The van der Waals surface area contributed by atoms with Gasteiger partial charge in [0.2, 0.25) is 6.23 Å². The summed E-state index contributed by atoms with van der Waals surface area (Å²) in [7, 11) is 0. The molecule has 0 bridgehead atoms. The minimum atomic E-state index is -0.486. The third-order valence-electron chi connectivity index (χ3n) is 5.34. The van der Waals surface area contributed by atoms with Crippen molar-refractivity contribution in [2.75, 3.05) is 0 Å². The first-order valence-electron chi connectivity index (χ1n) is 9.27. The SMILES string of the molecule is Cc1ccc(C2=NN3[C@H](C2)c2ccccc2O[C@@H]3c2cc(Br)ccc2O)cc1. The van der Waals surface area contributed by atoms with Gasteiger partial charge in [-0.3, -0.25) is 0 Å². The van der Waals surface area contributed by atoms with Crippen molar-refractivity contribution in [3.63, 3.8) is 0 Å². The summed E-state index contributed by atoms with van der Waals surface area (Å²) in [5.41, 5.74) is 5.20. The molecule has 3 aromatic rings. The van der Waals surface area contributed by atoms with Crippen LogP contribution in [0.4, 0.5) is 0 Å². The maximum Gasteiger partial charge on any atom is 0.217 e. The van der Waals surface area contributed by atoms with Crippen LogP contribution in [-0.2, 0) is 0 Å². The lowest BCUT2D eigenvalue weighted by Crippen LogP contribution is -2.33. The number of hydrazone groups is 1. The molecule has 2 atom stereocenters. The van der Waals surface area contributed by atoms with Crippen LogP contribution < -0.4 is 4.74 Å². The van der Waals surface area contributed by atoms with Crippen molar-refractivity contribution in [3.8, 4) is 11.5 Å². The monoisotopic (exact) mass is 434 g/mol. The van der Waals surface area contributed by atoms with Gasteiger partial charge < -0.3 is 9.84 Å². The Bertz CT molecular complexity index is 1080. The molecular formula is C23H19BrN2O2. The topological polar surface area (TPSA) is 45.1 Å². The van der Waals surface area contributed by atoms with Crippen LogP contribution in [0.3, 0.4) is 0 Å². The van der Waals surface area contributed by atoms with Gasteiger partial charge in [0.1, 0.15) is 11.5 Å². The van der Waals surface area contributed by atoms with E-state index in [2.05, 4.69) is 53.2 Å². The maximum atomic E-state index is 10.5. The highest BCUT2D eigenvalue weighted by atomic mass is 79.9. The van der Waals surface area contributed by atoms with E-state index in [-0.39, 0.29) is 11.8 Å². The summed E-state index contributed by atoms with van der Waals surface area (Å²) in [6.45, 7) is 2.08. The Kier molecular flexibility index (Phi) is 4.13. The van der Waals surface area contributed by atoms with Crippen molar-refractivity contribution < 1.29 is 9.84 Å². The van der Waals surface area contributed by atoms with Gasteiger partial charge in [0.15, 0.2) is 0 Å². The van der Waals surface area contributed by atoms with Gasteiger partial charge in [0.05, 0.1) is 17.3 Å².